The number of hydrogen-bond donors (Lipinski definition) is 4. The number of anilines is 1. The van der Waals surface area contributed by atoms with Crippen LogP contribution in [0.15, 0.2) is 11.1 Å². The van der Waals surface area contributed by atoms with E-state index in [1.54, 1.807) is 0 Å². The summed E-state index contributed by atoms with van der Waals surface area (Å²) in [6.07, 6.45) is 2.26. The van der Waals surface area contributed by atoms with Gasteiger partial charge >= 0.3 is 0 Å². The number of aliphatic hydroxyl groups excluding tert-OH is 1. The van der Waals surface area contributed by atoms with Crippen molar-refractivity contribution in [3.05, 3.63) is 16.7 Å². The summed E-state index contributed by atoms with van der Waals surface area (Å²) in [7, 11) is 0. The van der Waals surface area contributed by atoms with Gasteiger partial charge in [0.25, 0.3) is 5.56 Å². The van der Waals surface area contributed by atoms with Crippen LogP contribution < -0.4 is 16.6 Å². The average molecular weight is 379 g/mol. The zero-order valence-corrected chi connectivity index (χ0v) is 15.4. The molecule has 11 nitrogen and oxygen atoms in total. The van der Waals surface area contributed by atoms with Crippen LogP contribution in [0.4, 0.5) is 5.95 Å². The number of aliphatic hydroxyl groups is 1. The van der Waals surface area contributed by atoms with Crippen molar-refractivity contribution in [1.82, 2.24) is 29.7 Å². The first kappa shape index (κ1) is 20.5. The number of amides is 1. The van der Waals surface area contributed by atoms with Crippen LogP contribution in [-0.4, -0.2) is 73.5 Å². The molecular formula is C16H25N7O4. The summed E-state index contributed by atoms with van der Waals surface area (Å²) in [6.45, 7) is 4.21. The zero-order valence-electron chi connectivity index (χ0n) is 15.4. The average Bonchev–Trinajstić information content (AvgIpc) is 3.00. The van der Waals surface area contributed by atoms with E-state index in [9.17, 15) is 19.5 Å². The summed E-state index contributed by atoms with van der Waals surface area (Å²) in [5, 5.41) is 12.7. The Hall–Kier alpha value is -2.79. The fraction of sp³-hybridized carbons (Fsp3) is 0.562. The molecule has 5 N–H and O–H groups in total. The maximum Gasteiger partial charge on any atom is 0.280 e. The highest BCUT2D eigenvalue weighted by molar-refractivity contribution is 5.88. The fourth-order valence-corrected chi connectivity index (χ4v) is 2.73. The Morgan fingerprint density at radius 2 is 2.19 bits per heavy atom. The minimum Gasteiger partial charge on any atom is -0.394 e. The number of Topliss-reactive ketones (excluding diaryl/α,β-unsaturated/α-hetero) is 1. The summed E-state index contributed by atoms with van der Waals surface area (Å²) in [4.78, 5) is 48.2. The van der Waals surface area contributed by atoms with Crippen molar-refractivity contribution in [2.75, 3.05) is 32.0 Å². The van der Waals surface area contributed by atoms with Crippen LogP contribution in [0.25, 0.3) is 11.2 Å². The molecule has 0 aromatic carbocycles. The number of nitrogens with two attached hydrogens (primary N) is 1. The van der Waals surface area contributed by atoms with Gasteiger partial charge in [-0.2, -0.15) is 4.98 Å². The molecule has 0 aliphatic heterocycles. The van der Waals surface area contributed by atoms with Gasteiger partial charge in [0.05, 0.1) is 12.9 Å². The van der Waals surface area contributed by atoms with Gasteiger partial charge in [-0.15, -0.1) is 0 Å². The molecule has 2 heterocycles. The maximum atomic E-state index is 12.8. The quantitative estimate of drug-likeness (QED) is 0.362. The Kier molecular flexibility index (Phi) is 7.02. The van der Waals surface area contributed by atoms with Crippen LogP contribution in [0.3, 0.4) is 0 Å². The van der Waals surface area contributed by atoms with E-state index in [1.807, 2.05) is 6.92 Å². The second-order valence-electron chi connectivity index (χ2n) is 6.14. The first-order valence-electron chi connectivity index (χ1n) is 8.71. The van der Waals surface area contributed by atoms with Gasteiger partial charge < -0.3 is 25.6 Å². The number of carbonyl (C=O) groups excluding carboxylic acids is 2. The van der Waals surface area contributed by atoms with E-state index in [2.05, 4.69) is 20.3 Å². The van der Waals surface area contributed by atoms with E-state index in [0.717, 1.165) is 13.0 Å². The number of ketones is 1. The van der Waals surface area contributed by atoms with Gasteiger partial charge in [0.15, 0.2) is 16.9 Å². The highest BCUT2D eigenvalue weighted by Gasteiger charge is 2.27. The molecule has 1 atom stereocenters. The Bertz CT molecular complexity index is 860. The third-order valence-corrected chi connectivity index (χ3v) is 4.09. The molecule has 0 bridgehead atoms. The first-order chi connectivity index (χ1) is 12.9. The minimum atomic E-state index is -0.933. The van der Waals surface area contributed by atoms with Crippen LogP contribution in [0.2, 0.25) is 0 Å². The lowest BCUT2D eigenvalue weighted by Crippen LogP contribution is -2.50. The number of aromatic amines is 1. The smallest absolute Gasteiger partial charge is 0.280 e. The summed E-state index contributed by atoms with van der Waals surface area (Å²) in [5.74, 6) is -0.794. The van der Waals surface area contributed by atoms with Crippen molar-refractivity contribution in [3.8, 4) is 0 Å². The van der Waals surface area contributed by atoms with Crippen molar-refractivity contribution in [2.24, 2.45) is 0 Å². The standard InChI is InChI=1S/C16H25N7O4/c1-3-4-18-5-6-23(11(8-24)10(2)25)12(26)7-22-9-19-13-14(22)20-16(17)21-15(13)27/h9,11,18,24H,3-8H2,1-2H3,(H3,17,20,21,27)/t11-/m1/s1. The number of hydrogen-bond acceptors (Lipinski definition) is 8. The molecule has 0 radical (unpaired) electrons. The molecule has 0 saturated heterocycles. The van der Waals surface area contributed by atoms with E-state index < -0.39 is 24.1 Å². The molecular weight excluding hydrogens is 354 g/mol. The normalized spacial score (nSPS) is 12.3. The first-order valence-corrected chi connectivity index (χ1v) is 8.71. The fourth-order valence-electron chi connectivity index (χ4n) is 2.73. The van der Waals surface area contributed by atoms with E-state index >= 15 is 0 Å². The number of carbonyl (C=O) groups is 2. The second kappa shape index (κ2) is 9.24. The van der Waals surface area contributed by atoms with Crippen LogP contribution >= 0.6 is 0 Å². The molecule has 0 saturated carbocycles. The van der Waals surface area contributed by atoms with Crippen molar-refractivity contribution in [1.29, 1.82) is 0 Å². The van der Waals surface area contributed by atoms with Gasteiger partial charge in [0, 0.05) is 13.1 Å². The molecule has 2 aromatic heterocycles. The lowest BCUT2D eigenvalue weighted by Gasteiger charge is -2.29. The lowest BCUT2D eigenvalue weighted by molar-refractivity contribution is -0.140. The van der Waals surface area contributed by atoms with Gasteiger partial charge in [-0.1, -0.05) is 6.92 Å². The molecule has 1 amide bonds. The second-order valence-corrected chi connectivity index (χ2v) is 6.14. The summed E-state index contributed by atoms with van der Waals surface area (Å²) >= 11 is 0. The van der Waals surface area contributed by atoms with Gasteiger partial charge in [-0.25, -0.2) is 4.98 Å². The number of nitrogen functional groups attached to an aromatic ring is 1. The molecule has 0 aliphatic carbocycles. The van der Waals surface area contributed by atoms with Crippen LogP contribution in [0, 0.1) is 0 Å². The maximum absolute atomic E-state index is 12.8. The molecule has 2 aromatic rings. The number of nitrogens with one attached hydrogen (secondary N) is 2. The van der Waals surface area contributed by atoms with Crippen LogP contribution in [0.5, 0.6) is 0 Å². The van der Waals surface area contributed by atoms with Gasteiger partial charge in [0.2, 0.25) is 11.9 Å². The summed E-state index contributed by atoms with van der Waals surface area (Å²) < 4.78 is 1.39. The van der Waals surface area contributed by atoms with Gasteiger partial charge in [-0.3, -0.25) is 19.4 Å². The summed E-state index contributed by atoms with van der Waals surface area (Å²) in [6, 6.07) is -0.933. The SMILES string of the molecule is CCCNCCN(C(=O)Cn1cnc2c(=O)[nH]c(N)nc21)[C@H](CO)C(C)=O. The number of fused-ring (bicyclic) bond motifs is 1. The molecule has 0 unspecified atom stereocenters. The number of imidazole rings is 1. The highest BCUT2D eigenvalue weighted by Crippen LogP contribution is 2.09. The van der Waals surface area contributed by atoms with E-state index in [-0.39, 0.29) is 36.0 Å². The topological polar surface area (TPSA) is 159 Å². The molecule has 0 fully saturated rings. The van der Waals surface area contributed by atoms with Crippen molar-refractivity contribution in [3.63, 3.8) is 0 Å². The molecule has 11 heteroatoms. The molecule has 0 aliphatic rings. The molecule has 27 heavy (non-hydrogen) atoms. The zero-order chi connectivity index (χ0) is 20.0. The Morgan fingerprint density at radius 1 is 1.44 bits per heavy atom. The van der Waals surface area contributed by atoms with Crippen molar-refractivity contribution in [2.45, 2.75) is 32.9 Å². The molecule has 0 spiro atoms. The van der Waals surface area contributed by atoms with Crippen molar-refractivity contribution >= 4 is 28.8 Å². The van der Waals surface area contributed by atoms with E-state index in [1.165, 1.54) is 22.7 Å². The third kappa shape index (κ3) is 4.89. The molecule has 148 valence electrons. The minimum absolute atomic E-state index is 0.0680. The van der Waals surface area contributed by atoms with Gasteiger partial charge in [-0.05, 0) is 19.9 Å². The Labute approximate surface area is 155 Å². The summed E-state index contributed by atoms with van der Waals surface area (Å²) in [5.41, 5.74) is 5.30. The number of rotatable bonds is 10. The van der Waals surface area contributed by atoms with E-state index in [4.69, 9.17) is 5.73 Å². The Balaban J connectivity index is 2.24. The third-order valence-electron chi connectivity index (χ3n) is 4.09. The lowest BCUT2D eigenvalue weighted by atomic mass is 10.1. The molecule has 2 rings (SSSR count). The monoisotopic (exact) mass is 379 g/mol. The predicted molar refractivity (Wildman–Crippen MR) is 99.0 cm³/mol. The largest absolute Gasteiger partial charge is 0.394 e. The number of nitrogens with zero attached hydrogens (tertiary/aromatic N) is 4. The highest BCUT2D eigenvalue weighted by atomic mass is 16.3. The number of H-pyrrole nitrogens is 1. The van der Waals surface area contributed by atoms with Crippen LogP contribution in [0.1, 0.15) is 20.3 Å². The number of aromatic nitrogens is 4. The van der Waals surface area contributed by atoms with Crippen molar-refractivity contribution < 1.29 is 14.7 Å². The van der Waals surface area contributed by atoms with Crippen LogP contribution in [-0.2, 0) is 16.1 Å². The predicted octanol–water partition coefficient (Wildman–Crippen LogP) is -1.52. The van der Waals surface area contributed by atoms with E-state index in [0.29, 0.717) is 6.54 Å². The van der Waals surface area contributed by atoms with Gasteiger partial charge in [0.1, 0.15) is 12.6 Å². The Morgan fingerprint density at radius 3 is 2.81 bits per heavy atom.